The second kappa shape index (κ2) is 7.07. The van der Waals surface area contributed by atoms with Gasteiger partial charge in [0.2, 0.25) is 5.91 Å². The lowest BCUT2D eigenvalue weighted by Gasteiger charge is -2.11. The number of aryl methyl sites for hydroxylation is 1. The van der Waals surface area contributed by atoms with Crippen LogP contribution >= 0.6 is 11.3 Å². The maximum Gasteiger partial charge on any atom is 0.244 e. The van der Waals surface area contributed by atoms with Gasteiger partial charge in [0, 0.05) is 31.6 Å². The Hall–Kier alpha value is -1.85. The Morgan fingerprint density at radius 1 is 1.55 bits per heavy atom. The molecule has 2 aromatic rings. The van der Waals surface area contributed by atoms with Crippen LogP contribution in [0.3, 0.4) is 0 Å². The first-order valence-corrected chi connectivity index (χ1v) is 7.38. The van der Waals surface area contributed by atoms with Crippen molar-refractivity contribution in [2.45, 2.75) is 12.5 Å². The second-order valence-electron chi connectivity index (χ2n) is 4.53. The fourth-order valence-corrected chi connectivity index (χ4v) is 2.53. The SMILES string of the molecule is Cn1cccc1C(O)CCNC(=O)/C=C/c1ccsc1. The molecule has 0 fully saturated rings. The van der Waals surface area contributed by atoms with E-state index in [-0.39, 0.29) is 5.91 Å². The smallest absolute Gasteiger partial charge is 0.244 e. The molecule has 2 aromatic heterocycles. The van der Waals surface area contributed by atoms with E-state index in [2.05, 4.69) is 5.32 Å². The summed E-state index contributed by atoms with van der Waals surface area (Å²) >= 11 is 1.59. The second-order valence-corrected chi connectivity index (χ2v) is 5.31. The lowest BCUT2D eigenvalue weighted by molar-refractivity contribution is -0.116. The van der Waals surface area contributed by atoms with Crippen molar-refractivity contribution in [2.75, 3.05) is 6.54 Å². The lowest BCUT2D eigenvalue weighted by atomic mass is 10.2. The van der Waals surface area contributed by atoms with E-state index in [0.717, 1.165) is 11.3 Å². The molecule has 0 spiro atoms. The van der Waals surface area contributed by atoms with Gasteiger partial charge < -0.3 is 15.0 Å². The van der Waals surface area contributed by atoms with Crippen LogP contribution in [0.4, 0.5) is 0 Å². The molecule has 2 rings (SSSR count). The minimum atomic E-state index is -0.559. The number of aliphatic hydroxyl groups is 1. The number of nitrogens with zero attached hydrogens (tertiary/aromatic N) is 1. The first-order valence-electron chi connectivity index (χ1n) is 6.44. The molecule has 2 heterocycles. The third-order valence-electron chi connectivity index (χ3n) is 3.01. The molecule has 20 heavy (non-hydrogen) atoms. The highest BCUT2D eigenvalue weighted by Crippen LogP contribution is 2.15. The predicted molar refractivity (Wildman–Crippen MR) is 81.4 cm³/mol. The van der Waals surface area contributed by atoms with Gasteiger partial charge in [-0.1, -0.05) is 0 Å². The summed E-state index contributed by atoms with van der Waals surface area (Å²) in [4.78, 5) is 11.6. The van der Waals surface area contributed by atoms with E-state index in [1.807, 2.05) is 46.8 Å². The van der Waals surface area contributed by atoms with Crippen molar-refractivity contribution in [3.8, 4) is 0 Å². The van der Waals surface area contributed by atoms with Crippen molar-refractivity contribution < 1.29 is 9.90 Å². The van der Waals surface area contributed by atoms with Gasteiger partial charge in [0.05, 0.1) is 6.10 Å². The van der Waals surface area contributed by atoms with Crippen molar-refractivity contribution in [1.82, 2.24) is 9.88 Å². The van der Waals surface area contributed by atoms with E-state index in [9.17, 15) is 9.90 Å². The van der Waals surface area contributed by atoms with Crippen LogP contribution in [0.5, 0.6) is 0 Å². The maximum atomic E-state index is 11.6. The Labute approximate surface area is 122 Å². The van der Waals surface area contributed by atoms with Crippen LogP contribution in [0.15, 0.2) is 41.2 Å². The molecule has 1 unspecified atom stereocenters. The molecule has 0 aliphatic rings. The summed E-state index contributed by atoms with van der Waals surface area (Å²) in [7, 11) is 1.89. The minimum absolute atomic E-state index is 0.143. The fourth-order valence-electron chi connectivity index (χ4n) is 1.90. The fraction of sp³-hybridized carbons (Fsp3) is 0.267. The largest absolute Gasteiger partial charge is 0.387 e. The number of carbonyl (C=O) groups is 1. The number of hydrogen-bond donors (Lipinski definition) is 2. The van der Waals surface area contributed by atoms with Crippen LogP contribution in [0.25, 0.3) is 6.08 Å². The summed E-state index contributed by atoms with van der Waals surface area (Å²) in [6.45, 7) is 0.444. The highest BCUT2D eigenvalue weighted by atomic mass is 32.1. The Bertz CT molecular complexity index is 572. The summed E-state index contributed by atoms with van der Waals surface area (Å²) in [6.07, 6.45) is 5.11. The molecule has 5 heteroatoms. The molecular weight excluding hydrogens is 272 g/mol. The van der Waals surface area contributed by atoms with E-state index < -0.39 is 6.10 Å². The standard InChI is InChI=1S/C15H18N2O2S/c1-17-9-2-3-13(17)14(18)6-8-16-15(19)5-4-12-7-10-20-11-12/h2-5,7,9-11,14,18H,6,8H2,1H3,(H,16,19)/b5-4+. The zero-order valence-corrected chi connectivity index (χ0v) is 12.1. The molecule has 0 saturated heterocycles. The van der Waals surface area contributed by atoms with Crippen LogP contribution in [0, 0.1) is 0 Å². The summed E-state index contributed by atoms with van der Waals surface area (Å²) in [5, 5.41) is 16.7. The number of carbonyl (C=O) groups excluding carboxylic acids is 1. The third-order valence-corrected chi connectivity index (χ3v) is 3.71. The molecule has 0 radical (unpaired) electrons. The normalized spacial score (nSPS) is 12.7. The Balaban J connectivity index is 1.73. The average molecular weight is 290 g/mol. The number of aliphatic hydroxyl groups excluding tert-OH is 1. The molecule has 0 saturated carbocycles. The van der Waals surface area contributed by atoms with E-state index >= 15 is 0 Å². The molecular formula is C15H18N2O2S. The van der Waals surface area contributed by atoms with Gasteiger partial charge in [-0.25, -0.2) is 0 Å². The van der Waals surface area contributed by atoms with E-state index in [4.69, 9.17) is 0 Å². The molecule has 0 aliphatic carbocycles. The highest BCUT2D eigenvalue weighted by Gasteiger charge is 2.10. The molecule has 1 amide bonds. The van der Waals surface area contributed by atoms with Crippen LogP contribution < -0.4 is 5.32 Å². The van der Waals surface area contributed by atoms with E-state index in [0.29, 0.717) is 13.0 Å². The highest BCUT2D eigenvalue weighted by molar-refractivity contribution is 7.08. The molecule has 0 aliphatic heterocycles. The van der Waals surface area contributed by atoms with Gasteiger partial charge in [-0.2, -0.15) is 11.3 Å². The van der Waals surface area contributed by atoms with Crippen LogP contribution in [-0.4, -0.2) is 22.1 Å². The van der Waals surface area contributed by atoms with Crippen molar-refractivity contribution in [3.05, 3.63) is 52.5 Å². The van der Waals surface area contributed by atoms with Crippen LogP contribution in [0.1, 0.15) is 23.8 Å². The van der Waals surface area contributed by atoms with Crippen LogP contribution in [0.2, 0.25) is 0 Å². The van der Waals surface area contributed by atoms with E-state index in [1.54, 1.807) is 17.4 Å². The van der Waals surface area contributed by atoms with Crippen molar-refractivity contribution in [1.29, 1.82) is 0 Å². The molecule has 106 valence electrons. The quantitative estimate of drug-likeness (QED) is 0.802. The summed E-state index contributed by atoms with van der Waals surface area (Å²) < 4.78 is 1.88. The van der Waals surface area contributed by atoms with Crippen molar-refractivity contribution in [3.63, 3.8) is 0 Å². The van der Waals surface area contributed by atoms with Gasteiger partial charge >= 0.3 is 0 Å². The zero-order valence-electron chi connectivity index (χ0n) is 11.3. The Morgan fingerprint density at radius 3 is 3.05 bits per heavy atom. The number of amides is 1. The number of rotatable bonds is 6. The van der Waals surface area contributed by atoms with Gasteiger partial charge in [-0.3, -0.25) is 4.79 Å². The summed E-state index contributed by atoms with van der Waals surface area (Å²) in [6, 6.07) is 5.72. The van der Waals surface area contributed by atoms with Gasteiger partial charge in [0.15, 0.2) is 0 Å². The average Bonchev–Trinajstić information content (AvgIpc) is 3.07. The van der Waals surface area contributed by atoms with Gasteiger partial charge in [-0.15, -0.1) is 0 Å². The number of hydrogen-bond acceptors (Lipinski definition) is 3. The first-order chi connectivity index (χ1) is 9.66. The number of nitrogens with one attached hydrogen (secondary N) is 1. The molecule has 2 N–H and O–H groups in total. The van der Waals surface area contributed by atoms with Gasteiger partial charge in [0.1, 0.15) is 0 Å². The van der Waals surface area contributed by atoms with Crippen LogP contribution in [-0.2, 0) is 11.8 Å². The predicted octanol–water partition coefficient (Wildman–Crippen LogP) is 2.34. The summed E-state index contributed by atoms with van der Waals surface area (Å²) in [5.41, 5.74) is 1.88. The molecule has 1 atom stereocenters. The van der Waals surface area contributed by atoms with E-state index in [1.165, 1.54) is 6.08 Å². The Kier molecular flexibility index (Phi) is 5.15. The lowest BCUT2D eigenvalue weighted by Crippen LogP contribution is -2.23. The minimum Gasteiger partial charge on any atom is -0.387 e. The first kappa shape index (κ1) is 14.6. The Morgan fingerprint density at radius 2 is 2.40 bits per heavy atom. The number of aromatic nitrogens is 1. The summed E-state index contributed by atoms with van der Waals surface area (Å²) in [5.74, 6) is -0.143. The zero-order chi connectivity index (χ0) is 14.4. The van der Waals surface area contributed by atoms with Gasteiger partial charge in [-0.05, 0) is 47.0 Å². The molecule has 0 aromatic carbocycles. The topological polar surface area (TPSA) is 54.3 Å². The number of thiophene rings is 1. The third kappa shape index (κ3) is 4.08. The maximum absolute atomic E-state index is 11.6. The van der Waals surface area contributed by atoms with Crippen molar-refractivity contribution >= 4 is 23.3 Å². The molecule has 0 bridgehead atoms. The monoisotopic (exact) mass is 290 g/mol. The molecule has 4 nitrogen and oxygen atoms in total. The van der Waals surface area contributed by atoms with Gasteiger partial charge in [0.25, 0.3) is 0 Å². The van der Waals surface area contributed by atoms with Crippen molar-refractivity contribution in [2.24, 2.45) is 7.05 Å².